The van der Waals surface area contributed by atoms with Gasteiger partial charge in [-0.15, -0.1) is 0 Å². The lowest BCUT2D eigenvalue weighted by molar-refractivity contribution is -0.114. The van der Waals surface area contributed by atoms with E-state index in [0.29, 0.717) is 5.92 Å². The van der Waals surface area contributed by atoms with E-state index >= 15 is 0 Å². The van der Waals surface area contributed by atoms with Crippen LogP contribution in [0, 0.1) is 11.3 Å². The van der Waals surface area contributed by atoms with Crippen LogP contribution >= 0.6 is 0 Å². The second-order valence-corrected chi connectivity index (χ2v) is 3.16. The second-order valence-electron chi connectivity index (χ2n) is 3.16. The van der Waals surface area contributed by atoms with E-state index in [9.17, 15) is 4.79 Å². The Morgan fingerprint density at radius 2 is 2.15 bits per heavy atom. The lowest BCUT2D eigenvalue weighted by atomic mass is 10.2. The Morgan fingerprint density at radius 3 is 2.54 bits per heavy atom. The van der Waals surface area contributed by atoms with Gasteiger partial charge in [0.2, 0.25) is 0 Å². The maximum atomic E-state index is 10.7. The molecule has 0 radical (unpaired) electrons. The topological polar surface area (TPSA) is 105 Å². The summed E-state index contributed by atoms with van der Waals surface area (Å²) in [6.45, 7) is 0.760. The fourth-order valence-corrected chi connectivity index (χ4v) is 0.953. The SMILES string of the molecule is N=C/C(C(N)=O)=C(\N)NCC1CC1. The van der Waals surface area contributed by atoms with Gasteiger partial charge in [0.25, 0.3) is 5.91 Å². The molecule has 1 amide bonds. The molecule has 72 valence electrons. The molecule has 1 fully saturated rings. The number of nitrogens with one attached hydrogen (secondary N) is 2. The summed E-state index contributed by atoms with van der Waals surface area (Å²) in [6.07, 6.45) is 3.28. The number of hydrogen-bond acceptors (Lipinski definition) is 4. The maximum absolute atomic E-state index is 10.7. The van der Waals surface area contributed by atoms with Gasteiger partial charge in [0.1, 0.15) is 5.82 Å². The predicted molar refractivity (Wildman–Crippen MR) is 49.9 cm³/mol. The van der Waals surface area contributed by atoms with Crippen LogP contribution in [-0.4, -0.2) is 18.7 Å². The van der Waals surface area contributed by atoms with E-state index in [4.69, 9.17) is 16.9 Å². The Hall–Kier alpha value is -1.52. The zero-order chi connectivity index (χ0) is 9.84. The van der Waals surface area contributed by atoms with Gasteiger partial charge in [0, 0.05) is 12.8 Å². The summed E-state index contributed by atoms with van der Waals surface area (Å²) in [5.41, 5.74) is 10.6. The first kappa shape index (κ1) is 9.57. The number of hydrogen-bond donors (Lipinski definition) is 4. The van der Waals surface area contributed by atoms with Gasteiger partial charge in [-0.25, -0.2) is 0 Å². The fraction of sp³-hybridized carbons (Fsp3) is 0.500. The summed E-state index contributed by atoms with van der Waals surface area (Å²) in [7, 11) is 0. The molecule has 1 saturated carbocycles. The van der Waals surface area contributed by atoms with Crippen molar-refractivity contribution < 1.29 is 4.79 Å². The molecule has 0 aromatic heterocycles. The van der Waals surface area contributed by atoms with Crippen molar-refractivity contribution in [3.05, 3.63) is 11.4 Å². The molecule has 0 heterocycles. The van der Waals surface area contributed by atoms with Crippen LogP contribution in [0.4, 0.5) is 0 Å². The third kappa shape index (κ3) is 2.77. The van der Waals surface area contributed by atoms with Gasteiger partial charge in [-0.1, -0.05) is 0 Å². The molecule has 5 nitrogen and oxygen atoms in total. The molecule has 0 atom stereocenters. The van der Waals surface area contributed by atoms with Crippen LogP contribution in [-0.2, 0) is 4.79 Å². The van der Waals surface area contributed by atoms with Crippen molar-refractivity contribution in [1.82, 2.24) is 5.32 Å². The van der Waals surface area contributed by atoms with Crippen LogP contribution < -0.4 is 16.8 Å². The van der Waals surface area contributed by atoms with Gasteiger partial charge in [-0.2, -0.15) is 0 Å². The summed E-state index contributed by atoms with van der Waals surface area (Å²) in [4.78, 5) is 10.7. The summed E-state index contributed by atoms with van der Waals surface area (Å²) < 4.78 is 0. The summed E-state index contributed by atoms with van der Waals surface area (Å²) in [6, 6.07) is 0. The molecule has 1 aliphatic rings. The number of nitrogens with two attached hydrogens (primary N) is 2. The van der Waals surface area contributed by atoms with Crippen LogP contribution in [0.2, 0.25) is 0 Å². The van der Waals surface area contributed by atoms with Gasteiger partial charge >= 0.3 is 0 Å². The van der Waals surface area contributed by atoms with Gasteiger partial charge in [0.05, 0.1) is 5.57 Å². The van der Waals surface area contributed by atoms with E-state index < -0.39 is 5.91 Å². The average Bonchev–Trinajstić information content (AvgIpc) is 2.84. The van der Waals surface area contributed by atoms with Crippen LogP contribution in [0.3, 0.4) is 0 Å². The highest BCUT2D eigenvalue weighted by molar-refractivity contribution is 6.11. The molecule has 0 bridgehead atoms. The van der Waals surface area contributed by atoms with Crippen LogP contribution in [0.15, 0.2) is 11.4 Å². The predicted octanol–water partition coefficient (Wildman–Crippen LogP) is -0.709. The quantitative estimate of drug-likeness (QED) is 0.333. The zero-order valence-electron chi connectivity index (χ0n) is 7.34. The van der Waals surface area contributed by atoms with Crippen molar-refractivity contribution in [2.24, 2.45) is 17.4 Å². The Kier molecular flexibility index (Phi) is 2.89. The molecule has 1 aliphatic carbocycles. The first-order chi connectivity index (χ1) is 6.15. The Bertz CT molecular complexity index is 255. The first-order valence-electron chi connectivity index (χ1n) is 4.19. The number of rotatable bonds is 5. The van der Waals surface area contributed by atoms with Gasteiger partial charge < -0.3 is 22.2 Å². The molecule has 0 spiro atoms. The molecule has 0 aliphatic heterocycles. The van der Waals surface area contributed by atoms with E-state index in [1.165, 1.54) is 12.8 Å². The first-order valence-corrected chi connectivity index (χ1v) is 4.19. The van der Waals surface area contributed by atoms with Crippen molar-refractivity contribution >= 4 is 12.1 Å². The molecule has 0 aromatic carbocycles. The minimum absolute atomic E-state index is 0.0423. The number of carbonyl (C=O) groups is 1. The molecular weight excluding hydrogens is 168 g/mol. The minimum Gasteiger partial charge on any atom is -0.385 e. The highest BCUT2D eigenvalue weighted by Crippen LogP contribution is 2.27. The molecule has 6 N–H and O–H groups in total. The minimum atomic E-state index is -0.671. The van der Waals surface area contributed by atoms with E-state index in [1.807, 2.05) is 0 Å². The summed E-state index contributed by atoms with van der Waals surface area (Å²) in [5, 5.41) is 9.80. The Morgan fingerprint density at radius 1 is 1.54 bits per heavy atom. The molecule has 0 unspecified atom stereocenters. The summed E-state index contributed by atoms with van der Waals surface area (Å²) in [5.74, 6) is 0.198. The third-order valence-corrected chi connectivity index (χ3v) is 1.98. The van der Waals surface area contributed by atoms with Crippen LogP contribution in [0.5, 0.6) is 0 Å². The maximum Gasteiger partial charge on any atom is 0.253 e. The van der Waals surface area contributed by atoms with Gasteiger partial charge in [0.15, 0.2) is 0 Å². The van der Waals surface area contributed by atoms with Crippen molar-refractivity contribution in [3.8, 4) is 0 Å². The molecule has 1 rings (SSSR count). The molecule has 5 heteroatoms. The molecule has 0 saturated heterocycles. The molecule has 0 aromatic rings. The lowest BCUT2D eigenvalue weighted by Crippen LogP contribution is -2.29. The third-order valence-electron chi connectivity index (χ3n) is 1.98. The monoisotopic (exact) mass is 182 g/mol. The highest BCUT2D eigenvalue weighted by Gasteiger charge is 2.21. The second kappa shape index (κ2) is 3.93. The van der Waals surface area contributed by atoms with Crippen molar-refractivity contribution in [3.63, 3.8) is 0 Å². The van der Waals surface area contributed by atoms with Crippen LogP contribution in [0.25, 0.3) is 0 Å². The standard InChI is InChI=1S/C8H14N4O/c9-3-6(8(11)13)7(10)12-4-5-1-2-5/h3,5,9,12H,1-2,4,10H2,(H2,11,13)/b7-6-,9-3?. The van der Waals surface area contributed by atoms with E-state index in [2.05, 4.69) is 5.32 Å². The normalized spacial score (nSPS) is 17.5. The smallest absolute Gasteiger partial charge is 0.253 e. The number of amides is 1. The van der Waals surface area contributed by atoms with Gasteiger partial charge in [-0.05, 0) is 18.8 Å². The number of primary amides is 1. The van der Waals surface area contributed by atoms with Gasteiger partial charge in [-0.3, -0.25) is 4.79 Å². The average molecular weight is 182 g/mol. The van der Waals surface area contributed by atoms with E-state index in [1.54, 1.807) is 0 Å². The van der Waals surface area contributed by atoms with Crippen molar-refractivity contribution in [2.45, 2.75) is 12.8 Å². The largest absolute Gasteiger partial charge is 0.385 e. The van der Waals surface area contributed by atoms with Crippen molar-refractivity contribution in [1.29, 1.82) is 5.41 Å². The zero-order valence-corrected chi connectivity index (χ0v) is 7.34. The fourth-order valence-electron chi connectivity index (χ4n) is 0.953. The van der Waals surface area contributed by atoms with Crippen molar-refractivity contribution in [2.75, 3.05) is 6.54 Å². The summed E-state index contributed by atoms with van der Waals surface area (Å²) >= 11 is 0. The Labute approximate surface area is 76.7 Å². The lowest BCUT2D eigenvalue weighted by Gasteiger charge is -2.07. The van der Waals surface area contributed by atoms with Crippen LogP contribution in [0.1, 0.15) is 12.8 Å². The molecular formula is C8H14N4O. The van der Waals surface area contributed by atoms with E-state index in [-0.39, 0.29) is 11.4 Å². The van der Waals surface area contributed by atoms with E-state index in [0.717, 1.165) is 12.8 Å². The Balaban J connectivity index is 2.51. The molecule has 13 heavy (non-hydrogen) atoms. The highest BCUT2D eigenvalue weighted by atomic mass is 16.1. The number of carbonyl (C=O) groups excluding carboxylic acids is 1.